The molecule has 0 atom stereocenters. The first-order chi connectivity index (χ1) is 15.4. The van der Waals surface area contributed by atoms with Crippen LogP contribution in [0.1, 0.15) is 5.56 Å². The van der Waals surface area contributed by atoms with Gasteiger partial charge in [0, 0.05) is 45.0 Å². The van der Waals surface area contributed by atoms with Crippen molar-refractivity contribution in [2.24, 2.45) is 0 Å². The topological polar surface area (TPSA) is 91.0 Å². The van der Waals surface area contributed by atoms with Crippen molar-refractivity contribution in [1.29, 1.82) is 0 Å². The van der Waals surface area contributed by atoms with Gasteiger partial charge in [0.05, 0.1) is 12.9 Å². The number of urea groups is 1. The molecule has 1 fully saturated rings. The number of methoxy groups -OCH3 is 1. The van der Waals surface area contributed by atoms with E-state index in [1.807, 2.05) is 29.2 Å². The summed E-state index contributed by atoms with van der Waals surface area (Å²) in [5.41, 5.74) is 1.94. The highest BCUT2D eigenvalue weighted by Crippen LogP contribution is 2.18. The normalized spacial score (nSPS) is 14.8. The molecule has 0 radical (unpaired) electrons. The Kier molecular flexibility index (Phi) is 8.29. The zero-order valence-electron chi connectivity index (χ0n) is 18.1. The van der Waals surface area contributed by atoms with Gasteiger partial charge in [-0.2, -0.15) is 4.31 Å². The highest BCUT2D eigenvalue weighted by Gasteiger charge is 2.26. The van der Waals surface area contributed by atoms with E-state index < -0.39 is 16.1 Å². The van der Waals surface area contributed by atoms with Crippen LogP contribution in [0.5, 0.6) is 5.75 Å². The fourth-order valence-corrected chi connectivity index (χ4v) is 4.81. The number of carbonyl (C=O) groups is 1. The van der Waals surface area contributed by atoms with Crippen molar-refractivity contribution in [3.63, 3.8) is 0 Å². The van der Waals surface area contributed by atoms with Gasteiger partial charge in [-0.3, -0.25) is 0 Å². The molecule has 0 aromatic heterocycles. The van der Waals surface area contributed by atoms with Crippen LogP contribution >= 0.6 is 0 Å². The van der Waals surface area contributed by atoms with Crippen LogP contribution in [0.4, 0.5) is 14.9 Å². The fourth-order valence-electron chi connectivity index (χ4n) is 3.47. The Morgan fingerprint density at radius 3 is 2.22 bits per heavy atom. The number of nitrogens with one attached hydrogen (secondary N) is 2. The molecule has 1 aliphatic rings. The molecular formula is C22H29FN4O4S. The Morgan fingerprint density at radius 1 is 0.969 bits per heavy atom. The summed E-state index contributed by atoms with van der Waals surface area (Å²) in [5, 5.41) is 5.33. The van der Waals surface area contributed by atoms with E-state index in [2.05, 4.69) is 10.6 Å². The zero-order valence-corrected chi connectivity index (χ0v) is 18.9. The lowest BCUT2D eigenvalue weighted by Crippen LogP contribution is -2.50. The summed E-state index contributed by atoms with van der Waals surface area (Å²) in [7, 11) is -1.86. The first-order valence-electron chi connectivity index (χ1n) is 10.5. The fraction of sp³-hybridized carbons (Fsp3) is 0.409. The number of nitrogens with zero attached hydrogens (tertiary/aromatic N) is 2. The Labute approximate surface area is 188 Å². The predicted octanol–water partition coefficient (Wildman–Crippen LogP) is 1.83. The summed E-state index contributed by atoms with van der Waals surface area (Å²) in [5.74, 6) is 0.319. The molecule has 8 nitrogen and oxygen atoms in total. The number of halogens is 1. The number of sulfonamides is 1. The maximum absolute atomic E-state index is 13.1. The second-order valence-corrected chi connectivity index (χ2v) is 9.55. The lowest BCUT2D eigenvalue weighted by Gasteiger charge is -2.35. The molecule has 2 N–H and O–H groups in total. The molecule has 1 heterocycles. The Morgan fingerprint density at radius 2 is 1.59 bits per heavy atom. The van der Waals surface area contributed by atoms with Gasteiger partial charge in [0.25, 0.3) is 0 Å². The average Bonchev–Trinajstić information content (AvgIpc) is 2.80. The van der Waals surface area contributed by atoms with E-state index in [1.165, 1.54) is 16.4 Å². The molecule has 0 spiro atoms. The van der Waals surface area contributed by atoms with Gasteiger partial charge in [0.15, 0.2) is 0 Å². The van der Waals surface area contributed by atoms with Gasteiger partial charge in [0.1, 0.15) is 11.6 Å². The number of piperazine rings is 1. The van der Waals surface area contributed by atoms with Crippen molar-refractivity contribution < 1.29 is 22.3 Å². The summed E-state index contributed by atoms with van der Waals surface area (Å²) in [4.78, 5) is 14.0. The standard InChI is InChI=1S/C22H29FN4O4S/c1-31-21-8-2-18(3-9-21)10-11-24-22(28)25-12-17-32(29,30)27-15-13-26(14-16-27)20-6-4-19(23)5-7-20/h2-9H,10-17H2,1H3,(H2,24,25,28). The zero-order chi connectivity index (χ0) is 23.0. The third-order valence-corrected chi connectivity index (χ3v) is 7.20. The third-order valence-electron chi connectivity index (χ3n) is 5.33. The van der Waals surface area contributed by atoms with Crippen LogP contribution < -0.4 is 20.3 Å². The maximum atomic E-state index is 13.1. The van der Waals surface area contributed by atoms with Crippen molar-refractivity contribution in [2.75, 3.05) is 57.0 Å². The van der Waals surface area contributed by atoms with Gasteiger partial charge < -0.3 is 20.3 Å². The first-order valence-corrected chi connectivity index (χ1v) is 12.1. The molecule has 32 heavy (non-hydrogen) atoms. The highest BCUT2D eigenvalue weighted by molar-refractivity contribution is 7.89. The summed E-state index contributed by atoms with van der Waals surface area (Å²) in [6.07, 6.45) is 0.661. The largest absolute Gasteiger partial charge is 0.497 e. The molecule has 0 aliphatic carbocycles. The van der Waals surface area contributed by atoms with E-state index in [1.54, 1.807) is 19.2 Å². The van der Waals surface area contributed by atoms with Crippen LogP contribution in [0, 0.1) is 5.82 Å². The van der Waals surface area contributed by atoms with Gasteiger partial charge in [0.2, 0.25) is 10.0 Å². The molecule has 1 aliphatic heterocycles. The Balaban J connectivity index is 1.34. The molecule has 2 amide bonds. The monoisotopic (exact) mass is 464 g/mol. The van der Waals surface area contributed by atoms with Crippen molar-refractivity contribution in [3.05, 3.63) is 59.9 Å². The minimum atomic E-state index is -3.47. The van der Waals surface area contributed by atoms with E-state index in [0.29, 0.717) is 39.1 Å². The van der Waals surface area contributed by atoms with Gasteiger partial charge in [-0.15, -0.1) is 0 Å². The quantitative estimate of drug-likeness (QED) is 0.591. The van der Waals surface area contributed by atoms with E-state index in [4.69, 9.17) is 4.74 Å². The summed E-state index contributed by atoms with van der Waals surface area (Å²) >= 11 is 0. The lowest BCUT2D eigenvalue weighted by molar-refractivity contribution is 0.241. The van der Waals surface area contributed by atoms with Crippen LogP contribution in [-0.2, 0) is 16.4 Å². The van der Waals surface area contributed by atoms with Crippen LogP contribution in [0.3, 0.4) is 0 Å². The molecule has 1 saturated heterocycles. The van der Waals surface area contributed by atoms with E-state index in [9.17, 15) is 17.6 Å². The molecule has 10 heteroatoms. The molecule has 0 saturated carbocycles. The first kappa shape index (κ1) is 23.8. The molecule has 2 aromatic rings. The van der Waals surface area contributed by atoms with E-state index in [-0.39, 0.29) is 18.1 Å². The molecule has 0 unspecified atom stereocenters. The van der Waals surface area contributed by atoms with Gasteiger partial charge in [-0.25, -0.2) is 17.6 Å². The van der Waals surface area contributed by atoms with Crippen LogP contribution in [0.15, 0.2) is 48.5 Å². The number of rotatable bonds is 9. The summed E-state index contributed by atoms with van der Waals surface area (Å²) in [6.45, 7) is 2.25. The van der Waals surface area contributed by atoms with E-state index >= 15 is 0 Å². The number of carbonyl (C=O) groups excluding carboxylic acids is 1. The smallest absolute Gasteiger partial charge is 0.314 e. The molecule has 174 valence electrons. The molecule has 0 bridgehead atoms. The number of hydrogen-bond donors (Lipinski definition) is 2. The summed E-state index contributed by atoms with van der Waals surface area (Å²) in [6, 6.07) is 13.4. The van der Waals surface area contributed by atoms with E-state index in [0.717, 1.165) is 17.0 Å². The van der Waals surface area contributed by atoms with Crippen molar-refractivity contribution in [3.8, 4) is 5.75 Å². The van der Waals surface area contributed by atoms with Crippen molar-refractivity contribution in [1.82, 2.24) is 14.9 Å². The number of amides is 2. The third kappa shape index (κ3) is 6.83. The van der Waals surface area contributed by atoms with Crippen molar-refractivity contribution >= 4 is 21.7 Å². The molecule has 3 rings (SSSR count). The summed E-state index contributed by atoms with van der Waals surface area (Å²) < 4.78 is 44.8. The number of benzene rings is 2. The number of hydrogen-bond acceptors (Lipinski definition) is 5. The van der Waals surface area contributed by atoms with Crippen LogP contribution in [-0.4, -0.2) is 70.9 Å². The minimum Gasteiger partial charge on any atom is -0.497 e. The van der Waals surface area contributed by atoms with Crippen molar-refractivity contribution in [2.45, 2.75) is 6.42 Å². The van der Waals surface area contributed by atoms with Gasteiger partial charge >= 0.3 is 6.03 Å². The molecule has 2 aromatic carbocycles. The maximum Gasteiger partial charge on any atom is 0.314 e. The predicted molar refractivity (Wildman–Crippen MR) is 122 cm³/mol. The SMILES string of the molecule is COc1ccc(CCNC(=O)NCCS(=O)(=O)N2CCN(c3ccc(F)cc3)CC2)cc1. The number of anilines is 1. The van der Waals surface area contributed by atoms with Crippen LogP contribution in [0.2, 0.25) is 0 Å². The second kappa shape index (κ2) is 11.1. The minimum absolute atomic E-state index is 0.0366. The Bertz CT molecular complexity index is 976. The number of ether oxygens (including phenoxy) is 1. The second-order valence-electron chi connectivity index (χ2n) is 7.46. The average molecular weight is 465 g/mol. The Hall–Kier alpha value is -2.85. The lowest BCUT2D eigenvalue weighted by atomic mass is 10.1. The van der Waals surface area contributed by atoms with Gasteiger partial charge in [-0.1, -0.05) is 12.1 Å². The highest BCUT2D eigenvalue weighted by atomic mass is 32.2. The molecular weight excluding hydrogens is 435 g/mol. The van der Waals surface area contributed by atoms with Crippen LogP contribution in [0.25, 0.3) is 0 Å². The van der Waals surface area contributed by atoms with Gasteiger partial charge in [-0.05, 0) is 48.4 Å².